The molecule has 0 saturated carbocycles. The van der Waals surface area contributed by atoms with E-state index in [9.17, 15) is 0 Å². The number of rotatable bonds is 4. The van der Waals surface area contributed by atoms with E-state index in [0.29, 0.717) is 6.54 Å². The van der Waals surface area contributed by atoms with E-state index in [-0.39, 0.29) is 0 Å². The minimum Gasteiger partial charge on any atom is -0.352 e. The van der Waals surface area contributed by atoms with Gasteiger partial charge in [0, 0.05) is 20.6 Å². The third-order valence-corrected chi connectivity index (χ3v) is 3.21. The third-order valence-electron chi connectivity index (χ3n) is 2.48. The molecule has 0 bridgehead atoms. The SMILES string of the molecule is CN=C(NCc1ccsc1)NCc1nncn1C. The lowest BCUT2D eigenvalue weighted by Crippen LogP contribution is -2.36. The summed E-state index contributed by atoms with van der Waals surface area (Å²) in [6.07, 6.45) is 1.68. The Morgan fingerprint density at radius 2 is 2.28 bits per heavy atom. The molecule has 2 aromatic rings. The number of nitrogens with one attached hydrogen (secondary N) is 2. The molecule has 96 valence electrons. The van der Waals surface area contributed by atoms with Crippen LogP contribution in [0, 0.1) is 0 Å². The molecular weight excluding hydrogens is 248 g/mol. The van der Waals surface area contributed by atoms with Crippen LogP contribution in [0.15, 0.2) is 28.1 Å². The van der Waals surface area contributed by atoms with Crippen LogP contribution in [0.2, 0.25) is 0 Å². The number of aliphatic imine (C=N–C) groups is 1. The second-order valence-corrected chi connectivity index (χ2v) is 4.55. The van der Waals surface area contributed by atoms with Gasteiger partial charge in [-0.3, -0.25) is 4.99 Å². The Bertz CT molecular complexity index is 501. The monoisotopic (exact) mass is 264 g/mol. The predicted molar refractivity (Wildman–Crippen MR) is 72.4 cm³/mol. The van der Waals surface area contributed by atoms with Gasteiger partial charge in [-0.05, 0) is 22.4 Å². The van der Waals surface area contributed by atoms with Crippen LogP contribution in [-0.2, 0) is 20.1 Å². The topological polar surface area (TPSA) is 67.1 Å². The van der Waals surface area contributed by atoms with E-state index in [4.69, 9.17) is 0 Å². The molecule has 18 heavy (non-hydrogen) atoms. The van der Waals surface area contributed by atoms with Crippen LogP contribution in [0.4, 0.5) is 0 Å². The molecule has 7 heteroatoms. The summed E-state index contributed by atoms with van der Waals surface area (Å²) in [7, 11) is 3.66. The molecule has 2 heterocycles. The highest BCUT2D eigenvalue weighted by Gasteiger charge is 2.02. The van der Waals surface area contributed by atoms with Crippen LogP contribution in [-0.4, -0.2) is 27.8 Å². The largest absolute Gasteiger partial charge is 0.352 e. The number of hydrogen-bond donors (Lipinski definition) is 2. The van der Waals surface area contributed by atoms with Crippen molar-refractivity contribution >= 4 is 17.3 Å². The Kier molecular flexibility index (Phi) is 4.30. The van der Waals surface area contributed by atoms with E-state index in [2.05, 4.69) is 42.6 Å². The Morgan fingerprint density at radius 1 is 1.44 bits per heavy atom. The zero-order valence-electron chi connectivity index (χ0n) is 10.4. The first-order valence-corrected chi connectivity index (χ1v) is 6.52. The molecule has 0 aliphatic heterocycles. The first-order valence-electron chi connectivity index (χ1n) is 5.58. The molecule has 0 aromatic carbocycles. The lowest BCUT2D eigenvalue weighted by molar-refractivity contribution is 0.726. The van der Waals surface area contributed by atoms with Gasteiger partial charge in [0.15, 0.2) is 11.8 Å². The smallest absolute Gasteiger partial charge is 0.191 e. The summed E-state index contributed by atoms with van der Waals surface area (Å²) in [6.45, 7) is 1.36. The Balaban J connectivity index is 1.81. The van der Waals surface area contributed by atoms with Crippen molar-refractivity contribution in [3.05, 3.63) is 34.5 Å². The van der Waals surface area contributed by atoms with E-state index < -0.39 is 0 Å². The van der Waals surface area contributed by atoms with Crippen LogP contribution in [0.25, 0.3) is 0 Å². The van der Waals surface area contributed by atoms with Gasteiger partial charge in [-0.25, -0.2) is 0 Å². The number of hydrogen-bond acceptors (Lipinski definition) is 4. The van der Waals surface area contributed by atoms with E-state index >= 15 is 0 Å². The van der Waals surface area contributed by atoms with Crippen molar-refractivity contribution in [2.24, 2.45) is 12.0 Å². The molecule has 2 aromatic heterocycles. The highest BCUT2D eigenvalue weighted by Crippen LogP contribution is 2.04. The molecular formula is C11H16N6S. The molecule has 0 aliphatic carbocycles. The maximum absolute atomic E-state index is 4.16. The number of aryl methyl sites for hydroxylation is 1. The zero-order valence-corrected chi connectivity index (χ0v) is 11.2. The molecule has 0 aliphatic rings. The van der Waals surface area contributed by atoms with Crippen LogP contribution in [0.3, 0.4) is 0 Å². The van der Waals surface area contributed by atoms with Crippen molar-refractivity contribution in [1.82, 2.24) is 25.4 Å². The number of aromatic nitrogens is 3. The summed E-state index contributed by atoms with van der Waals surface area (Å²) in [5.41, 5.74) is 1.25. The molecule has 2 rings (SSSR count). The summed E-state index contributed by atoms with van der Waals surface area (Å²) in [6, 6.07) is 2.09. The lowest BCUT2D eigenvalue weighted by atomic mass is 10.3. The number of thiophene rings is 1. The maximum atomic E-state index is 4.16. The molecule has 2 N–H and O–H groups in total. The van der Waals surface area contributed by atoms with Crippen molar-refractivity contribution in [1.29, 1.82) is 0 Å². The highest BCUT2D eigenvalue weighted by atomic mass is 32.1. The maximum Gasteiger partial charge on any atom is 0.191 e. The third kappa shape index (κ3) is 3.30. The summed E-state index contributed by atoms with van der Waals surface area (Å²) < 4.78 is 1.87. The fourth-order valence-electron chi connectivity index (χ4n) is 1.43. The Labute approximate surface area is 110 Å². The predicted octanol–water partition coefficient (Wildman–Crippen LogP) is 0.742. The van der Waals surface area contributed by atoms with Crippen molar-refractivity contribution in [3.8, 4) is 0 Å². The molecule has 0 saturated heterocycles. The molecule has 0 radical (unpaired) electrons. The lowest BCUT2D eigenvalue weighted by Gasteiger charge is -2.10. The molecule has 6 nitrogen and oxygen atoms in total. The molecule has 0 fully saturated rings. The fourth-order valence-corrected chi connectivity index (χ4v) is 2.10. The minimum atomic E-state index is 0.597. The van der Waals surface area contributed by atoms with Gasteiger partial charge in [0.2, 0.25) is 0 Å². The van der Waals surface area contributed by atoms with Gasteiger partial charge < -0.3 is 15.2 Å². The molecule has 0 amide bonds. The van der Waals surface area contributed by atoms with E-state index in [1.165, 1.54) is 5.56 Å². The van der Waals surface area contributed by atoms with E-state index in [1.807, 2.05) is 11.6 Å². The standard InChI is InChI=1S/C11H16N6S/c1-12-11(13-5-9-3-4-18-7-9)14-6-10-16-15-8-17(10)2/h3-4,7-8H,5-6H2,1-2H3,(H2,12,13,14). The van der Waals surface area contributed by atoms with E-state index in [1.54, 1.807) is 24.7 Å². The average molecular weight is 264 g/mol. The summed E-state index contributed by atoms with van der Waals surface area (Å²) in [5, 5.41) is 18.4. The first kappa shape index (κ1) is 12.6. The Morgan fingerprint density at radius 3 is 2.89 bits per heavy atom. The zero-order chi connectivity index (χ0) is 12.8. The van der Waals surface area contributed by atoms with Crippen molar-refractivity contribution < 1.29 is 0 Å². The van der Waals surface area contributed by atoms with E-state index in [0.717, 1.165) is 18.3 Å². The number of guanidine groups is 1. The summed E-state index contributed by atoms with van der Waals surface area (Å²) in [4.78, 5) is 4.16. The highest BCUT2D eigenvalue weighted by molar-refractivity contribution is 7.07. The van der Waals surface area contributed by atoms with Crippen molar-refractivity contribution in [3.63, 3.8) is 0 Å². The summed E-state index contributed by atoms with van der Waals surface area (Å²) >= 11 is 1.69. The second-order valence-electron chi connectivity index (χ2n) is 3.77. The van der Waals surface area contributed by atoms with Gasteiger partial charge in [0.1, 0.15) is 6.33 Å². The van der Waals surface area contributed by atoms with Gasteiger partial charge in [-0.2, -0.15) is 11.3 Å². The Hall–Kier alpha value is -1.89. The number of nitrogens with zero attached hydrogens (tertiary/aromatic N) is 4. The normalized spacial score (nSPS) is 11.6. The molecule has 0 atom stereocenters. The summed E-state index contributed by atoms with van der Waals surface area (Å²) in [5.74, 6) is 1.62. The van der Waals surface area contributed by atoms with Crippen LogP contribution >= 0.6 is 11.3 Å². The van der Waals surface area contributed by atoms with Crippen LogP contribution in [0.1, 0.15) is 11.4 Å². The first-order chi connectivity index (χ1) is 8.79. The quantitative estimate of drug-likeness (QED) is 0.631. The average Bonchev–Trinajstić information content (AvgIpc) is 3.01. The van der Waals surface area contributed by atoms with Crippen LogP contribution < -0.4 is 10.6 Å². The fraction of sp³-hybridized carbons (Fsp3) is 0.364. The van der Waals surface area contributed by atoms with Gasteiger partial charge in [-0.15, -0.1) is 10.2 Å². The van der Waals surface area contributed by atoms with Gasteiger partial charge in [0.25, 0.3) is 0 Å². The second kappa shape index (κ2) is 6.15. The minimum absolute atomic E-state index is 0.597. The van der Waals surface area contributed by atoms with Gasteiger partial charge in [0.05, 0.1) is 6.54 Å². The molecule has 0 spiro atoms. The molecule has 0 unspecified atom stereocenters. The van der Waals surface area contributed by atoms with Gasteiger partial charge >= 0.3 is 0 Å². The van der Waals surface area contributed by atoms with Crippen molar-refractivity contribution in [2.45, 2.75) is 13.1 Å². The van der Waals surface area contributed by atoms with Crippen molar-refractivity contribution in [2.75, 3.05) is 7.05 Å². The van der Waals surface area contributed by atoms with Crippen LogP contribution in [0.5, 0.6) is 0 Å². The van der Waals surface area contributed by atoms with Gasteiger partial charge in [-0.1, -0.05) is 0 Å².